The molecule has 1 aromatic heterocycles. The lowest BCUT2D eigenvalue weighted by Gasteiger charge is -2.32. The molecule has 0 saturated carbocycles. The van der Waals surface area contributed by atoms with E-state index in [1.807, 2.05) is 10.9 Å². The van der Waals surface area contributed by atoms with Gasteiger partial charge in [0.1, 0.15) is 0 Å². The number of ether oxygens (including phenoxy) is 2. The smallest absolute Gasteiger partial charge is 0.0771 e. The first-order valence-corrected chi connectivity index (χ1v) is 7.75. The highest BCUT2D eigenvalue weighted by atomic mass is 16.5. The molecule has 3 rings (SSSR count). The van der Waals surface area contributed by atoms with Crippen molar-refractivity contribution in [3.8, 4) is 0 Å². The van der Waals surface area contributed by atoms with Crippen LogP contribution >= 0.6 is 0 Å². The molecule has 3 heterocycles. The largest absolute Gasteiger partial charge is 0.380 e. The van der Waals surface area contributed by atoms with Crippen LogP contribution in [0.25, 0.3) is 0 Å². The number of aromatic nitrogens is 2. The van der Waals surface area contributed by atoms with Crippen molar-refractivity contribution in [3.05, 3.63) is 12.4 Å². The van der Waals surface area contributed by atoms with Gasteiger partial charge in [0, 0.05) is 18.8 Å². The fraction of sp³-hybridized carbons (Fsp3) is 0.800. The Labute approximate surface area is 120 Å². The Morgan fingerprint density at radius 1 is 1.35 bits per heavy atom. The summed E-state index contributed by atoms with van der Waals surface area (Å²) in [5.41, 5.74) is 1.11. The lowest BCUT2D eigenvalue weighted by atomic mass is 10.00. The predicted molar refractivity (Wildman–Crippen MR) is 77.9 cm³/mol. The van der Waals surface area contributed by atoms with Crippen molar-refractivity contribution in [3.63, 3.8) is 0 Å². The van der Waals surface area contributed by atoms with Gasteiger partial charge in [-0.1, -0.05) is 0 Å². The van der Waals surface area contributed by atoms with Gasteiger partial charge in [-0.15, -0.1) is 0 Å². The van der Waals surface area contributed by atoms with E-state index in [9.17, 15) is 0 Å². The average molecular weight is 279 g/mol. The zero-order chi connectivity index (χ0) is 13.9. The van der Waals surface area contributed by atoms with E-state index in [0.717, 1.165) is 38.1 Å². The van der Waals surface area contributed by atoms with E-state index in [1.165, 1.54) is 6.42 Å². The second-order valence-corrected chi connectivity index (χ2v) is 6.16. The van der Waals surface area contributed by atoms with Gasteiger partial charge in [-0.2, -0.15) is 5.10 Å². The van der Waals surface area contributed by atoms with Crippen molar-refractivity contribution in [1.29, 1.82) is 0 Å². The minimum absolute atomic E-state index is 0.332. The summed E-state index contributed by atoms with van der Waals surface area (Å²) in [6, 6.07) is 0.481. The molecule has 20 heavy (non-hydrogen) atoms. The fourth-order valence-corrected chi connectivity index (χ4v) is 3.29. The summed E-state index contributed by atoms with van der Waals surface area (Å²) in [5.74, 6) is 0. The van der Waals surface area contributed by atoms with Gasteiger partial charge in [0.25, 0.3) is 0 Å². The molecule has 2 saturated heterocycles. The first kappa shape index (κ1) is 13.9. The molecule has 0 amide bonds. The van der Waals surface area contributed by atoms with Gasteiger partial charge in [0.05, 0.1) is 36.7 Å². The molecule has 0 aromatic carbocycles. The van der Waals surface area contributed by atoms with Crippen LogP contribution in [0.2, 0.25) is 0 Å². The molecule has 3 atom stereocenters. The van der Waals surface area contributed by atoms with Crippen LogP contribution in [0.1, 0.15) is 39.5 Å². The van der Waals surface area contributed by atoms with Crippen LogP contribution in [-0.2, 0) is 16.0 Å². The van der Waals surface area contributed by atoms with Gasteiger partial charge in [-0.05, 0) is 39.5 Å². The molecule has 5 heteroatoms. The van der Waals surface area contributed by atoms with Crippen LogP contribution in [0.15, 0.2) is 12.4 Å². The number of nitrogens with zero attached hydrogens (tertiary/aromatic N) is 2. The van der Waals surface area contributed by atoms with E-state index in [2.05, 4.69) is 30.5 Å². The molecule has 5 nitrogen and oxygen atoms in total. The normalized spacial score (nSPS) is 34.3. The van der Waals surface area contributed by atoms with Crippen LogP contribution in [0.5, 0.6) is 0 Å². The molecule has 0 radical (unpaired) electrons. The maximum absolute atomic E-state index is 5.77. The zero-order valence-electron chi connectivity index (χ0n) is 12.4. The first-order chi connectivity index (χ1) is 9.69. The minimum atomic E-state index is 0.332. The quantitative estimate of drug-likeness (QED) is 0.919. The number of nitrogens with one attached hydrogen (secondary N) is 1. The third kappa shape index (κ3) is 3.52. The van der Waals surface area contributed by atoms with E-state index in [0.29, 0.717) is 24.4 Å². The maximum Gasteiger partial charge on any atom is 0.0771 e. The lowest BCUT2D eigenvalue weighted by Crippen LogP contribution is -2.36. The summed E-state index contributed by atoms with van der Waals surface area (Å²) in [5, 5.41) is 8.01. The second-order valence-electron chi connectivity index (χ2n) is 6.16. The van der Waals surface area contributed by atoms with Gasteiger partial charge in [-0.3, -0.25) is 4.68 Å². The summed E-state index contributed by atoms with van der Waals surface area (Å²) in [6.07, 6.45) is 9.45. The van der Waals surface area contributed by atoms with Gasteiger partial charge in [-0.25, -0.2) is 0 Å². The van der Waals surface area contributed by atoms with Crippen LogP contribution < -0.4 is 5.32 Å². The highest BCUT2D eigenvalue weighted by Crippen LogP contribution is 2.22. The molecule has 2 aliphatic heterocycles. The van der Waals surface area contributed by atoms with Crippen molar-refractivity contribution < 1.29 is 9.47 Å². The molecular weight excluding hydrogens is 254 g/mol. The van der Waals surface area contributed by atoms with Crippen molar-refractivity contribution in [1.82, 2.24) is 9.78 Å². The van der Waals surface area contributed by atoms with Crippen LogP contribution in [0.4, 0.5) is 5.69 Å². The van der Waals surface area contributed by atoms with Crippen molar-refractivity contribution in [2.45, 2.75) is 70.4 Å². The van der Waals surface area contributed by atoms with Gasteiger partial charge < -0.3 is 14.8 Å². The SMILES string of the molecule is CC1CC(Nc2cnn(CC3CCCO3)c2)CC(C)O1. The first-order valence-electron chi connectivity index (χ1n) is 7.75. The molecule has 3 unspecified atom stereocenters. The summed E-state index contributed by atoms with van der Waals surface area (Å²) >= 11 is 0. The highest BCUT2D eigenvalue weighted by Gasteiger charge is 2.24. The Morgan fingerprint density at radius 2 is 2.15 bits per heavy atom. The molecular formula is C15H25N3O2. The van der Waals surface area contributed by atoms with Crippen LogP contribution in [0.3, 0.4) is 0 Å². The third-order valence-corrected chi connectivity index (χ3v) is 4.12. The summed E-state index contributed by atoms with van der Waals surface area (Å²) in [4.78, 5) is 0. The highest BCUT2D eigenvalue weighted by molar-refractivity contribution is 5.39. The van der Waals surface area contributed by atoms with E-state index in [4.69, 9.17) is 9.47 Å². The molecule has 2 fully saturated rings. The number of rotatable bonds is 4. The maximum atomic E-state index is 5.77. The predicted octanol–water partition coefficient (Wildman–Crippen LogP) is 2.43. The number of hydrogen-bond donors (Lipinski definition) is 1. The zero-order valence-corrected chi connectivity index (χ0v) is 12.4. The Balaban J connectivity index is 1.53. The Morgan fingerprint density at radius 3 is 2.85 bits per heavy atom. The molecule has 112 valence electrons. The third-order valence-electron chi connectivity index (χ3n) is 4.12. The van der Waals surface area contributed by atoms with E-state index < -0.39 is 0 Å². The average Bonchev–Trinajstić information content (AvgIpc) is 3.01. The summed E-state index contributed by atoms with van der Waals surface area (Å²) in [7, 11) is 0. The minimum Gasteiger partial charge on any atom is -0.380 e. The second kappa shape index (κ2) is 6.14. The molecule has 2 aliphatic rings. The molecule has 0 bridgehead atoms. The monoisotopic (exact) mass is 279 g/mol. The van der Waals surface area contributed by atoms with Gasteiger partial charge >= 0.3 is 0 Å². The Kier molecular flexibility index (Phi) is 4.27. The van der Waals surface area contributed by atoms with E-state index >= 15 is 0 Å². The fourth-order valence-electron chi connectivity index (χ4n) is 3.29. The Bertz CT molecular complexity index is 419. The molecule has 0 aliphatic carbocycles. The van der Waals surface area contributed by atoms with Gasteiger partial charge in [0.2, 0.25) is 0 Å². The number of hydrogen-bond acceptors (Lipinski definition) is 4. The molecule has 1 aromatic rings. The summed E-state index contributed by atoms with van der Waals surface area (Å²) < 4.78 is 13.4. The van der Waals surface area contributed by atoms with Gasteiger partial charge in [0.15, 0.2) is 0 Å². The van der Waals surface area contributed by atoms with E-state index in [-0.39, 0.29) is 0 Å². The topological polar surface area (TPSA) is 48.3 Å². The van der Waals surface area contributed by atoms with Crippen LogP contribution in [0, 0.1) is 0 Å². The summed E-state index contributed by atoms with van der Waals surface area (Å²) in [6.45, 7) is 6.05. The standard InChI is InChI=1S/C15H25N3O2/c1-11-6-13(7-12(2)20-11)17-14-8-16-18(9-14)10-15-4-3-5-19-15/h8-9,11-13,15,17H,3-7,10H2,1-2H3. The van der Waals surface area contributed by atoms with Crippen molar-refractivity contribution in [2.24, 2.45) is 0 Å². The van der Waals surface area contributed by atoms with Crippen molar-refractivity contribution in [2.75, 3.05) is 11.9 Å². The van der Waals surface area contributed by atoms with Crippen LogP contribution in [-0.4, -0.2) is 40.7 Å². The number of anilines is 1. The van der Waals surface area contributed by atoms with E-state index in [1.54, 1.807) is 0 Å². The van der Waals surface area contributed by atoms with Crippen molar-refractivity contribution >= 4 is 5.69 Å². The Hall–Kier alpha value is -1.07. The molecule has 1 N–H and O–H groups in total. The lowest BCUT2D eigenvalue weighted by molar-refractivity contribution is -0.0337. The molecule has 0 spiro atoms.